The molecule has 6 heteroatoms. The van der Waals surface area contributed by atoms with Crippen molar-refractivity contribution in [3.63, 3.8) is 0 Å². The first kappa shape index (κ1) is 11.9. The number of alkyl carbamates (subject to hydrolysis) is 1. The summed E-state index contributed by atoms with van der Waals surface area (Å²) in [5, 5.41) is 2.46. The standard InChI is InChI=1S/C12H15F2NO3/c1-6(16)8(15-9(17)18-2)7-3-10-5-11(10,4-7)12(10,13)14/h7-8H,3-5H2,1-2H3,(H,15,17). The third-order valence-corrected chi connectivity index (χ3v) is 5.12. The van der Waals surface area contributed by atoms with Gasteiger partial charge in [0.25, 0.3) is 5.92 Å². The van der Waals surface area contributed by atoms with Crippen LogP contribution in [-0.4, -0.2) is 31.0 Å². The van der Waals surface area contributed by atoms with Gasteiger partial charge in [0.05, 0.1) is 13.2 Å². The number of amides is 1. The molecule has 1 N–H and O–H groups in total. The van der Waals surface area contributed by atoms with Crippen LogP contribution in [0, 0.1) is 16.7 Å². The first-order chi connectivity index (χ1) is 8.31. The van der Waals surface area contributed by atoms with Gasteiger partial charge in [0.1, 0.15) is 0 Å². The molecule has 18 heavy (non-hydrogen) atoms. The van der Waals surface area contributed by atoms with Crippen LogP contribution in [0.1, 0.15) is 26.2 Å². The molecule has 0 aliphatic heterocycles. The third kappa shape index (κ3) is 1.05. The molecule has 3 fully saturated rings. The predicted octanol–water partition coefficient (Wildman–Crippen LogP) is 1.74. The van der Waals surface area contributed by atoms with Crippen LogP contribution in [0.15, 0.2) is 0 Å². The summed E-state index contributed by atoms with van der Waals surface area (Å²) < 4.78 is 31.3. The maximum absolute atomic E-state index is 13.4. The molecule has 0 radical (unpaired) electrons. The molecule has 4 nitrogen and oxygen atoms in total. The molecule has 0 saturated heterocycles. The molecule has 0 aromatic heterocycles. The highest BCUT2D eigenvalue weighted by Gasteiger charge is 3.05. The minimum Gasteiger partial charge on any atom is -0.453 e. The smallest absolute Gasteiger partial charge is 0.407 e. The Morgan fingerprint density at radius 2 is 1.89 bits per heavy atom. The number of halogens is 2. The summed E-state index contributed by atoms with van der Waals surface area (Å²) in [6.07, 6.45) is 0.542. The van der Waals surface area contributed by atoms with Gasteiger partial charge in [-0.2, -0.15) is 0 Å². The molecule has 3 unspecified atom stereocenters. The lowest BCUT2D eigenvalue weighted by atomic mass is 9.82. The zero-order valence-corrected chi connectivity index (χ0v) is 10.3. The molecule has 0 spiro atoms. The average molecular weight is 259 g/mol. The lowest BCUT2D eigenvalue weighted by Crippen LogP contribution is -2.46. The van der Waals surface area contributed by atoms with Crippen LogP contribution in [0.5, 0.6) is 0 Å². The molecule has 3 aliphatic carbocycles. The number of carbonyl (C=O) groups is 2. The zero-order valence-electron chi connectivity index (χ0n) is 10.3. The van der Waals surface area contributed by atoms with Crippen molar-refractivity contribution in [2.24, 2.45) is 16.7 Å². The Kier molecular flexibility index (Phi) is 2.00. The van der Waals surface area contributed by atoms with E-state index < -0.39 is 28.9 Å². The molecule has 3 rings (SSSR count). The van der Waals surface area contributed by atoms with E-state index in [2.05, 4.69) is 10.1 Å². The second-order valence-corrected chi connectivity index (χ2v) is 5.81. The number of ketones is 1. The minimum atomic E-state index is -2.54. The number of carbonyl (C=O) groups excluding carboxylic acids is 2. The van der Waals surface area contributed by atoms with Crippen LogP contribution < -0.4 is 5.32 Å². The monoisotopic (exact) mass is 259 g/mol. The van der Waals surface area contributed by atoms with Gasteiger partial charge in [-0.1, -0.05) is 0 Å². The van der Waals surface area contributed by atoms with E-state index in [4.69, 9.17) is 0 Å². The second kappa shape index (κ2) is 3.03. The first-order valence-electron chi connectivity index (χ1n) is 6.04. The first-order valence-corrected chi connectivity index (χ1v) is 6.04. The number of nitrogens with one attached hydrogen (secondary N) is 1. The Labute approximate surface area is 103 Å². The molecule has 3 saturated carbocycles. The SMILES string of the molecule is COC(=O)NC(C(C)=O)C1CC23CC2(C1)C3(F)F. The van der Waals surface area contributed by atoms with E-state index in [0.717, 1.165) is 0 Å². The van der Waals surface area contributed by atoms with Crippen LogP contribution in [0.4, 0.5) is 13.6 Å². The summed E-state index contributed by atoms with van der Waals surface area (Å²) in [4.78, 5) is 22.7. The summed E-state index contributed by atoms with van der Waals surface area (Å²) in [6.45, 7) is 1.36. The second-order valence-electron chi connectivity index (χ2n) is 5.81. The number of methoxy groups -OCH3 is 1. The zero-order chi connectivity index (χ0) is 13.3. The van der Waals surface area contributed by atoms with Gasteiger partial charge in [0, 0.05) is 10.8 Å². The molecule has 0 heterocycles. The molecule has 3 atom stereocenters. The largest absolute Gasteiger partial charge is 0.453 e. The molecule has 0 bridgehead atoms. The highest BCUT2D eigenvalue weighted by molar-refractivity contribution is 5.86. The lowest BCUT2D eigenvalue weighted by molar-refractivity contribution is -0.121. The fourth-order valence-electron chi connectivity index (χ4n) is 4.06. The van der Waals surface area contributed by atoms with Crippen molar-refractivity contribution in [3.05, 3.63) is 0 Å². The predicted molar refractivity (Wildman–Crippen MR) is 57.2 cm³/mol. The summed E-state index contributed by atoms with van der Waals surface area (Å²) in [6, 6.07) is -0.699. The topological polar surface area (TPSA) is 55.4 Å². The van der Waals surface area contributed by atoms with Gasteiger partial charge in [-0.3, -0.25) is 4.79 Å². The van der Waals surface area contributed by atoms with Gasteiger partial charge in [0.15, 0.2) is 5.78 Å². The van der Waals surface area contributed by atoms with E-state index in [9.17, 15) is 18.4 Å². The van der Waals surface area contributed by atoms with E-state index in [0.29, 0.717) is 19.3 Å². The normalized spacial score (nSPS) is 43.4. The summed E-state index contributed by atoms with van der Waals surface area (Å²) in [5.74, 6) is -2.93. The van der Waals surface area contributed by atoms with Gasteiger partial charge < -0.3 is 10.1 Å². The number of ether oxygens (including phenoxy) is 1. The molecule has 0 aromatic carbocycles. The maximum Gasteiger partial charge on any atom is 0.407 e. The van der Waals surface area contributed by atoms with Gasteiger partial charge in [-0.25, -0.2) is 13.6 Å². The quantitative estimate of drug-likeness (QED) is 0.839. The number of rotatable bonds is 3. The summed E-state index contributed by atoms with van der Waals surface area (Å²) in [5.41, 5.74) is -1.70. The Morgan fingerprint density at radius 1 is 1.33 bits per heavy atom. The van der Waals surface area contributed by atoms with Crippen LogP contribution in [0.3, 0.4) is 0 Å². The lowest BCUT2D eigenvalue weighted by Gasteiger charge is -2.30. The van der Waals surface area contributed by atoms with E-state index >= 15 is 0 Å². The number of Topliss-reactive ketones (excluding diaryl/α,β-unsaturated/α-hetero) is 1. The maximum atomic E-state index is 13.4. The highest BCUT2D eigenvalue weighted by Crippen LogP contribution is 3.01. The van der Waals surface area contributed by atoms with Gasteiger partial charge in [0.2, 0.25) is 0 Å². The van der Waals surface area contributed by atoms with Crippen molar-refractivity contribution in [1.29, 1.82) is 0 Å². The Morgan fingerprint density at radius 3 is 2.28 bits per heavy atom. The van der Waals surface area contributed by atoms with Crippen molar-refractivity contribution in [2.45, 2.75) is 38.2 Å². The van der Waals surface area contributed by atoms with Crippen LogP contribution in [0.2, 0.25) is 0 Å². The Bertz CT molecular complexity index is 433. The van der Waals surface area contributed by atoms with Gasteiger partial charge >= 0.3 is 6.09 Å². The molecule has 1 amide bonds. The van der Waals surface area contributed by atoms with Crippen LogP contribution in [0.25, 0.3) is 0 Å². The number of alkyl halides is 2. The molecule has 0 aromatic rings. The van der Waals surface area contributed by atoms with Crippen LogP contribution >= 0.6 is 0 Å². The van der Waals surface area contributed by atoms with Crippen LogP contribution in [-0.2, 0) is 9.53 Å². The number of hydrogen-bond acceptors (Lipinski definition) is 3. The Balaban J connectivity index is 1.69. The Hall–Kier alpha value is -1.20. The van der Waals surface area contributed by atoms with Crippen molar-refractivity contribution >= 4 is 11.9 Å². The van der Waals surface area contributed by atoms with Crippen molar-refractivity contribution < 1.29 is 23.1 Å². The average Bonchev–Trinajstić information content (AvgIpc) is 2.98. The molecular weight excluding hydrogens is 244 g/mol. The fourth-order valence-corrected chi connectivity index (χ4v) is 4.06. The molecule has 3 aliphatic rings. The van der Waals surface area contributed by atoms with Crippen molar-refractivity contribution in [3.8, 4) is 0 Å². The van der Waals surface area contributed by atoms with Gasteiger partial charge in [-0.05, 0) is 32.1 Å². The third-order valence-electron chi connectivity index (χ3n) is 5.12. The van der Waals surface area contributed by atoms with E-state index in [-0.39, 0.29) is 11.7 Å². The van der Waals surface area contributed by atoms with Crippen molar-refractivity contribution in [2.75, 3.05) is 7.11 Å². The van der Waals surface area contributed by atoms with Gasteiger partial charge in [-0.15, -0.1) is 0 Å². The highest BCUT2D eigenvalue weighted by atomic mass is 19.3. The van der Waals surface area contributed by atoms with E-state index in [1.807, 2.05) is 0 Å². The number of hydrogen-bond donors (Lipinski definition) is 1. The summed E-state index contributed by atoms with van der Waals surface area (Å²) in [7, 11) is 1.21. The molecular formula is C12H15F2NO3. The van der Waals surface area contributed by atoms with E-state index in [1.54, 1.807) is 0 Å². The minimum absolute atomic E-state index is 0.185. The molecule has 100 valence electrons. The van der Waals surface area contributed by atoms with E-state index in [1.165, 1.54) is 14.0 Å². The van der Waals surface area contributed by atoms with Crippen molar-refractivity contribution in [1.82, 2.24) is 5.32 Å². The fraction of sp³-hybridized carbons (Fsp3) is 0.833. The summed E-state index contributed by atoms with van der Waals surface area (Å²) >= 11 is 0.